The molecule has 25 heavy (non-hydrogen) atoms. The molecule has 3 heteroatoms. The molecule has 1 aliphatic heterocycles. The Morgan fingerprint density at radius 2 is 1.76 bits per heavy atom. The van der Waals surface area contributed by atoms with Crippen LogP contribution in [-0.2, 0) is 11.2 Å². The van der Waals surface area contributed by atoms with Gasteiger partial charge < -0.3 is 4.90 Å². The summed E-state index contributed by atoms with van der Waals surface area (Å²) in [5, 5.41) is 0. The van der Waals surface area contributed by atoms with Crippen LogP contribution in [0.25, 0.3) is 0 Å². The molecule has 2 aromatic rings. The van der Waals surface area contributed by atoms with Gasteiger partial charge in [-0.2, -0.15) is 0 Å². The summed E-state index contributed by atoms with van der Waals surface area (Å²) >= 11 is 0. The number of hydrogen-bond donors (Lipinski definition) is 0. The van der Waals surface area contributed by atoms with Crippen molar-refractivity contribution in [3.63, 3.8) is 0 Å². The van der Waals surface area contributed by atoms with E-state index in [1.807, 2.05) is 23.1 Å². The number of rotatable bonds is 3. The molecule has 1 aliphatic carbocycles. The molecule has 0 saturated heterocycles. The minimum atomic E-state index is -0.239. The first-order valence-corrected chi connectivity index (χ1v) is 9.35. The van der Waals surface area contributed by atoms with Gasteiger partial charge in [-0.1, -0.05) is 49.2 Å². The number of hydrogen-bond acceptors (Lipinski definition) is 1. The van der Waals surface area contributed by atoms with Crippen molar-refractivity contribution in [2.24, 2.45) is 5.92 Å². The highest BCUT2D eigenvalue weighted by Gasteiger charge is 2.33. The SMILES string of the molecule is O=C(CC1CCCC1)N1CCc2ccccc2[C@@H]1c1ccc(F)cc1. The predicted octanol–water partition coefficient (Wildman–Crippen LogP) is 4.88. The van der Waals surface area contributed by atoms with Crippen molar-refractivity contribution in [2.45, 2.75) is 44.6 Å². The van der Waals surface area contributed by atoms with Crippen molar-refractivity contribution in [1.82, 2.24) is 4.90 Å². The average molecular weight is 337 g/mol. The van der Waals surface area contributed by atoms with E-state index >= 15 is 0 Å². The predicted molar refractivity (Wildman–Crippen MR) is 96.7 cm³/mol. The van der Waals surface area contributed by atoms with Crippen molar-refractivity contribution < 1.29 is 9.18 Å². The molecule has 0 bridgehead atoms. The van der Waals surface area contributed by atoms with Crippen LogP contribution in [0.3, 0.4) is 0 Å². The number of fused-ring (bicyclic) bond motifs is 1. The molecule has 130 valence electrons. The summed E-state index contributed by atoms with van der Waals surface area (Å²) in [6.07, 6.45) is 6.41. The third kappa shape index (κ3) is 3.33. The Morgan fingerprint density at radius 1 is 1.04 bits per heavy atom. The quantitative estimate of drug-likeness (QED) is 0.782. The van der Waals surface area contributed by atoms with E-state index in [1.165, 1.54) is 48.9 Å². The normalized spacial score (nSPS) is 20.5. The van der Waals surface area contributed by atoms with Crippen LogP contribution in [0.15, 0.2) is 48.5 Å². The molecule has 1 atom stereocenters. The third-order valence-corrected chi connectivity index (χ3v) is 5.73. The highest BCUT2D eigenvalue weighted by molar-refractivity contribution is 5.78. The molecule has 2 aliphatic rings. The fourth-order valence-electron chi connectivity index (χ4n) is 4.42. The molecule has 2 aromatic carbocycles. The zero-order chi connectivity index (χ0) is 17.2. The fraction of sp³-hybridized carbons (Fsp3) is 0.409. The minimum absolute atomic E-state index is 0.0977. The van der Waals surface area contributed by atoms with E-state index in [4.69, 9.17) is 0 Å². The average Bonchev–Trinajstić information content (AvgIpc) is 3.14. The van der Waals surface area contributed by atoms with Crippen LogP contribution in [0.2, 0.25) is 0 Å². The number of carbonyl (C=O) groups is 1. The highest BCUT2D eigenvalue weighted by Crippen LogP contribution is 2.37. The van der Waals surface area contributed by atoms with Crippen molar-refractivity contribution >= 4 is 5.91 Å². The van der Waals surface area contributed by atoms with Crippen LogP contribution in [0.5, 0.6) is 0 Å². The summed E-state index contributed by atoms with van der Waals surface area (Å²) in [6.45, 7) is 0.741. The Hall–Kier alpha value is -2.16. The Morgan fingerprint density at radius 3 is 2.52 bits per heavy atom. The summed E-state index contributed by atoms with van der Waals surface area (Å²) in [5.74, 6) is 0.547. The van der Waals surface area contributed by atoms with Crippen LogP contribution in [0.4, 0.5) is 4.39 Å². The molecule has 0 spiro atoms. The second-order valence-corrected chi connectivity index (χ2v) is 7.34. The molecule has 1 heterocycles. The van der Waals surface area contributed by atoms with Gasteiger partial charge in [0.05, 0.1) is 6.04 Å². The molecule has 0 unspecified atom stereocenters. The summed E-state index contributed by atoms with van der Waals surface area (Å²) in [7, 11) is 0. The zero-order valence-corrected chi connectivity index (χ0v) is 14.5. The second-order valence-electron chi connectivity index (χ2n) is 7.34. The number of carbonyl (C=O) groups excluding carboxylic acids is 1. The van der Waals surface area contributed by atoms with Crippen LogP contribution in [-0.4, -0.2) is 17.4 Å². The first kappa shape index (κ1) is 16.3. The topological polar surface area (TPSA) is 20.3 Å². The van der Waals surface area contributed by atoms with Crippen LogP contribution < -0.4 is 0 Å². The Balaban J connectivity index is 1.67. The highest BCUT2D eigenvalue weighted by atomic mass is 19.1. The van der Waals surface area contributed by atoms with Crippen molar-refractivity contribution in [2.75, 3.05) is 6.54 Å². The van der Waals surface area contributed by atoms with Crippen molar-refractivity contribution in [3.05, 3.63) is 71.0 Å². The molecule has 1 fully saturated rings. The van der Waals surface area contributed by atoms with Crippen molar-refractivity contribution in [1.29, 1.82) is 0 Å². The van der Waals surface area contributed by atoms with Crippen LogP contribution in [0, 0.1) is 11.7 Å². The van der Waals surface area contributed by atoms with Gasteiger partial charge in [0.15, 0.2) is 0 Å². The van der Waals surface area contributed by atoms with Crippen LogP contribution in [0.1, 0.15) is 54.8 Å². The lowest BCUT2D eigenvalue weighted by Gasteiger charge is -2.38. The van der Waals surface area contributed by atoms with Crippen molar-refractivity contribution in [3.8, 4) is 0 Å². The smallest absolute Gasteiger partial charge is 0.223 e. The van der Waals surface area contributed by atoms with E-state index in [0.717, 1.165) is 18.5 Å². The second kappa shape index (κ2) is 6.99. The molecule has 0 radical (unpaired) electrons. The molecule has 1 amide bonds. The molecular weight excluding hydrogens is 313 g/mol. The Bertz CT molecular complexity index is 749. The molecule has 1 saturated carbocycles. The van der Waals surface area contributed by atoms with E-state index in [-0.39, 0.29) is 17.8 Å². The summed E-state index contributed by atoms with van der Waals surface area (Å²) in [6, 6.07) is 14.9. The largest absolute Gasteiger partial charge is 0.331 e. The summed E-state index contributed by atoms with van der Waals surface area (Å²) < 4.78 is 13.4. The minimum Gasteiger partial charge on any atom is -0.331 e. The maximum Gasteiger partial charge on any atom is 0.223 e. The number of amides is 1. The molecule has 0 aromatic heterocycles. The van der Waals surface area contributed by atoms with E-state index in [2.05, 4.69) is 18.2 Å². The monoisotopic (exact) mass is 337 g/mol. The Labute approximate surface area is 148 Å². The molecule has 2 nitrogen and oxygen atoms in total. The lowest BCUT2D eigenvalue weighted by molar-refractivity contribution is -0.134. The first-order valence-electron chi connectivity index (χ1n) is 9.35. The zero-order valence-electron chi connectivity index (χ0n) is 14.5. The van der Waals surface area contributed by atoms with Gasteiger partial charge in [0, 0.05) is 13.0 Å². The number of halogens is 1. The number of benzene rings is 2. The van der Waals surface area contributed by atoms with Gasteiger partial charge in [-0.25, -0.2) is 4.39 Å². The lowest BCUT2D eigenvalue weighted by Crippen LogP contribution is -2.41. The Kier molecular flexibility index (Phi) is 4.56. The van der Waals surface area contributed by atoms with Gasteiger partial charge in [-0.15, -0.1) is 0 Å². The number of nitrogens with zero attached hydrogens (tertiary/aromatic N) is 1. The van der Waals surface area contributed by atoms with Gasteiger partial charge in [0.2, 0.25) is 5.91 Å². The third-order valence-electron chi connectivity index (χ3n) is 5.73. The van der Waals surface area contributed by atoms with E-state index < -0.39 is 0 Å². The maximum absolute atomic E-state index is 13.4. The first-order chi connectivity index (χ1) is 12.2. The maximum atomic E-state index is 13.4. The van der Waals surface area contributed by atoms with Gasteiger partial charge >= 0.3 is 0 Å². The fourth-order valence-corrected chi connectivity index (χ4v) is 4.42. The van der Waals surface area contributed by atoms with E-state index in [0.29, 0.717) is 12.3 Å². The lowest BCUT2D eigenvalue weighted by atomic mass is 9.87. The van der Waals surface area contributed by atoms with Crippen LogP contribution >= 0.6 is 0 Å². The molecule has 4 rings (SSSR count). The standard InChI is InChI=1S/C22H24FNO/c23-19-11-9-18(10-12-19)22-20-8-4-3-7-17(20)13-14-24(22)21(25)15-16-5-1-2-6-16/h3-4,7-12,16,22H,1-2,5-6,13-15H2/t22-/m0/s1. The van der Waals surface area contributed by atoms with Gasteiger partial charge in [0.1, 0.15) is 5.82 Å². The van der Waals surface area contributed by atoms with Gasteiger partial charge in [0.25, 0.3) is 0 Å². The summed E-state index contributed by atoms with van der Waals surface area (Å²) in [4.78, 5) is 15.1. The molecule has 0 N–H and O–H groups in total. The van der Waals surface area contributed by atoms with E-state index in [9.17, 15) is 9.18 Å². The summed E-state index contributed by atoms with van der Waals surface area (Å²) in [5.41, 5.74) is 3.47. The van der Waals surface area contributed by atoms with E-state index in [1.54, 1.807) is 0 Å². The molecular formula is C22H24FNO. The van der Waals surface area contributed by atoms with Gasteiger partial charge in [-0.05, 0) is 54.0 Å². The van der Waals surface area contributed by atoms with Gasteiger partial charge in [-0.3, -0.25) is 4.79 Å².